The third-order valence-corrected chi connectivity index (χ3v) is 13.6. The molecule has 0 aromatic rings. The van der Waals surface area contributed by atoms with Crippen LogP contribution in [0.4, 0.5) is 0 Å². The summed E-state index contributed by atoms with van der Waals surface area (Å²) >= 11 is 0. The second kappa shape index (κ2) is 4.97. The number of hydrazone groups is 1. The molecule has 2 rings (SSSR count). The van der Waals surface area contributed by atoms with Gasteiger partial charge in [0.25, 0.3) is 0 Å². The Morgan fingerprint density at radius 3 is 2.11 bits per heavy atom. The van der Waals surface area contributed by atoms with E-state index in [-0.39, 0.29) is 11.6 Å². The fourth-order valence-corrected chi connectivity index (χ4v) is 14.1. The predicted octanol–water partition coefficient (Wildman–Crippen LogP) is 2.78. The van der Waals surface area contributed by atoms with Crippen molar-refractivity contribution in [2.45, 2.75) is 64.0 Å². The SMILES string of the molecule is C[Si]1(C)CCC[Si](C)(C)N1N=C1CCCC(=O)C1=O. The van der Waals surface area contributed by atoms with Gasteiger partial charge in [-0.3, -0.25) is 9.59 Å². The van der Waals surface area contributed by atoms with E-state index in [2.05, 4.69) is 30.5 Å². The molecule has 2 fully saturated rings. The molecule has 0 amide bonds. The van der Waals surface area contributed by atoms with Gasteiger partial charge in [0.2, 0.25) is 11.6 Å². The van der Waals surface area contributed by atoms with Crippen LogP contribution in [0.3, 0.4) is 0 Å². The van der Waals surface area contributed by atoms with Crippen molar-refractivity contribution < 1.29 is 9.59 Å². The number of rotatable bonds is 1. The maximum Gasteiger partial charge on any atom is 0.244 e. The number of Topliss-reactive ketones (excluding diaryl/α,β-unsaturated/α-hetero) is 2. The van der Waals surface area contributed by atoms with Gasteiger partial charge in [-0.2, -0.15) is 5.10 Å². The summed E-state index contributed by atoms with van der Waals surface area (Å²) in [6.07, 6.45) is 3.16. The smallest absolute Gasteiger partial charge is 0.244 e. The number of carbonyl (C=O) groups is 2. The Kier molecular flexibility index (Phi) is 3.84. The van der Waals surface area contributed by atoms with Crippen LogP contribution in [0, 0.1) is 0 Å². The van der Waals surface area contributed by atoms with Crippen LogP contribution in [-0.4, -0.2) is 38.1 Å². The van der Waals surface area contributed by atoms with Crippen LogP contribution in [0.25, 0.3) is 0 Å². The second-order valence-corrected chi connectivity index (χ2v) is 16.5. The van der Waals surface area contributed by atoms with E-state index in [1.165, 1.54) is 18.5 Å². The highest BCUT2D eigenvalue weighted by Crippen LogP contribution is 2.35. The Morgan fingerprint density at radius 1 is 0.947 bits per heavy atom. The average molecular weight is 297 g/mol. The largest absolute Gasteiger partial charge is 0.349 e. The number of hydrogen-bond donors (Lipinski definition) is 0. The quantitative estimate of drug-likeness (QED) is 0.552. The van der Waals surface area contributed by atoms with Crippen molar-refractivity contribution in [2.24, 2.45) is 5.10 Å². The zero-order chi connectivity index (χ0) is 14.3. The van der Waals surface area contributed by atoms with Crippen LogP contribution in [0.15, 0.2) is 5.10 Å². The lowest BCUT2D eigenvalue weighted by atomic mass is 9.96. The van der Waals surface area contributed by atoms with Crippen molar-refractivity contribution in [3.05, 3.63) is 0 Å². The first-order valence-corrected chi connectivity index (χ1v) is 13.5. The minimum atomic E-state index is -1.55. The highest BCUT2D eigenvalue weighted by Gasteiger charge is 2.44. The lowest BCUT2D eigenvalue weighted by molar-refractivity contribution is -0.133. The second-order valence-electron chi connectivity index (χ2n) is 6.94. The molecule has 0 unspecified atom stereocenters. The lowest BCUT2D eigenvalue weighted by Gasteiger charge is -2.49. The van der Waals surface area contributed by atoms with Crippen molar-refractivity contribution in [1.82, 2.24) is 4.34 Å². The first-order chi connectivity index (χ1) is 8.74. The zero-order valence-electron chi connectivity index (χ0n) is 12.5. The van der Waals surface area contributed by atoms with Crippen LogP contribution < -0.4 is 0 Å². The van der Waals surface area contributed by atoms with Crippen LogP contribution >= 0.6 is 0 Å². The van der Waals surface area contributed by atoms with E-state index in [0.717, 1.165) is 6.42 Å². The average Bonchev–Trinajstić information content (AvgIpc) is 2.28. The molecule has 0 radical (unpaired) electrons. The van der Waals surface area contributed by atoms with Gasteiger partial charge in [-0.05, 0) is 24.9 Å². The van der Waals surface area contributed by atoms with Gasteiger partial charge in [0.1, 0.15) is 5.71 Å². The van der Waals surface area contributed by atoms with Crippen molar-refractivity contribution in [1.29, 1.82) is 0 Å². The number of ketones is 2. The van der Waals surface area contributed by atoms with Gasteiger partial charge >= 0.3 is 0 Å². The molecular formula is C13H24N2O2Si2. The summed E-state index contributed by atoms with van der Waals surface area (Å²) in [6, 6.07) is 2.48. The molecule has 4 nitrogen and oxygen atoms in total. The Morgan fingerprint density at radius 2 is 1.53 bits per heavy atom. The first-order valence-electron chi connectivity index (χ1n) is 7.19. The number of carbonyl (C=O) groups excluding carboxylic acids is 2. The molecule has 106 valence electrons. The van der Waals surface area contributed by atoms with E-state index < -0.39 is 16.5 Å². The molecule has 19 heavy (non-hydrogen) atoms. The van der Waals surface area contributed by atoms with E-state index in [1.807, 2.05) is 0 Å². The highest BCUT2D eigenvalue weighted by atomic mass is 28.4. The zero-order valence-corrected chi connectivity index (χ0v) is 14.5. The Labute approximate surface area is 117 Å². The molecule has 1 saturated carbocycles. The molecule has 0 bridgehead atoms. The summed E-state index contributed by atoms with van der Waals surface area (Å²) in [5.41, 5.74) is 0.527. The van der Waals surface area contributed by atoms with E-state index in [9.17, 15) is 9.59 Å². The highest BCUT2D eigenvalue weighted by molar-refractivity contribution is 6.91. The van der Waals surface area contributed by atoms with Gasteiger partial charge in [0.05, 0.1) is 0 Å². The molecule has 1 aliphatic heterocycles. The maximum atomic E-state index is 11.9. The van der Waals surface area contributed by atoms with Crippen LogP contribution in [0.2, 0.25) is 38.3 Å². The van der Waals surface area contributed by atoms with Crippen molar-refractivity contribution in [3.63, 3.8) is 0 Å². The van der Waals surface area contributed by atoms with Gasteiger partial charge in [-0.1, -0.05) is 32.6 Å². The minimum Gasteiger partial charge on any atom is -0.349 e. The summed E-state index contributed by atoms with van der Waals surface area (Å²) in [5.74, 6) is -0.577. The molecule has 6 heteroatoms. The first kappa shape index (κ1) is 14.6. The van der Waals surface area contributed by atoms with Gasteiger partial charge in [0, 0.05) is 6.42 Å². The van der Waals surface area contributed by atoms with Gasteiger partial charge in [-0.15, -0.1) is 0 Å². The van der Waals surface area contributed by atoms with E-state index in [1.54, 1.807) is 0 Å². The van der Waals surface area contributed by atoms with Gasteiger partial charge in [0.15, 0.2) is 16.5 Å². The van der Waals surface area contributed by atoms with Crippen LogP contribution in [0.1, 0.15) is 25.7 Å². The van der Waals surface area contributed by atoms with Crippen molar-refractivity contribution in [3.8, 4) is 0 Å². The molecule has 0 aromatic heterocycles. The molecule has 1 aliphatic carbocycles. The standard InChI is InChI=1S/C13H24N2O2Si2/c1-18(2)9-6-10-19(3,4)15(18)14-11-7-5-8-12(16)13(11)17/h5-10H2,1-4H3. The monoisotopic (exact) mass is 296 g/mol. The third kappa shape index (κ3) is 2.89. The summed E-state index contributed by atoms with van der Waals surface area (Å²) in [7, 11) is -3.09. The van der Waals surface area contributed by atoms with Crippen molar-refractivity contribution in [2.75, 3.05) is 0 Å². The molecule has 0 N–H and O–H groups in total. The number of hydrogen-bond acceptors (Lipinski definition) is 4. The van der Waals surface area contributed by atoms with Gasteiger partial charge in [-0.25, -0.2) is 0 Å². The van der Waals surface area contributed by atoms with E-state index in [4.69, 9.17) is 5.10 Å². The fourth-order valence-electron chi connectivity index (χ4n) is 3.28. The van der Waals surface area contributed by atoms with Crippen molar-refractivity contribution >= 4 is 33.7 Å². The number of nitrogens with zero attached hydrogens (tertiary/aromatic N) is 2. The molecule has 1 saturated heterocycles. The fraction of sp³-hybridized carbons (Fsp3) is 0.769. The summed E-state index contributed by atoms with van der Waals surface area (Å²) in [4.78, 5) is 23.5. The summed E-state index contributed by atoms with van der Waals surface area (Å²) < 4.78 is 2.34. The van der Waals surface area contributed by atoms with E-state index in [0.29, 0.717) is 18.6 Å². The van der Waals surface area contributed by atoms with Gasteiger partial charge < -0.3 is 4.34 Å². The Hall–Kier alpha value is -0.756. The normalized spacial score (nSPS) is 28.8. The molecule has 0 spiro atoms. The predicted molar refractivity (Wildman–Crippen MR) is 82.3 cm³/mol. The molecule has 1 heterocycles. The Bertz CT molecular complexity index is 428. The summed E-state index contributed by atoms with van der Waals surface area (Å²) in [5, 5.41) is 4.74. The summed E-state index contributed by atoms with van der Waals surface area (Å²) in [6.45, 7) is 9.33. The topological polar surface area (TPSA) is 49.7 Å². The minimum absolute atomic E-state index is 0.249. The lowest BCUT2D eigenvalue weighted by Crippen LogP contribution is -2.62. The molecule has 0 atom stereocenters. The third-order valence-electron chi connectivity index (χ3n) is 4.28. The van der Waals surface area contributed by atoms with Crippen LogP contribution in [0.5, 0.6) is 0 Å². The van der Waals surface area contributed by atoms with Crippen LogP contribution in [-0.2, 0) is 9.59 Å². The molecular weight excluding hydrogens is 272 g/mol. The Balaban J connectivity index is 2.32. The molecule has 2 aliphatic rings. The maximum absolute atomic E-state index is 11.9. The van der Waals surface area contributed by atoms with E-state index >= 15 is 0 Å². The molecule has 0 aromatic carbocycles.